The van der Waals surface area contributed by atoms with Gasteiger partial charge < -0.3 is 9.84 Å². The number of aliphatic hydroxyl groups excluding tert-OH is 1. The van der Waals surface area contributed by atoms with Crippen LogP contribution in [0, 0.1) is 6.92 Å². The highest BCUT2D eigenvalue weighted by atomic mass is 16.5. The fourth-order valence-electron chi connectivity index (χ4n) is 1.81. The van der Waals surface area contributed by atoms with Crippen LogP contribution >= 0.6 is 0 Å². The van der Waals surface area contributed by atoms with E-state index < -0.39 is 0 Å². The van der Waals surface area contributed by atoms with Gasteiger partial charge in [0.05, 0.1) is 0 Å². The number of aryl methyl sites for hydroxylation is 1. The van der Waals surface area contributed by atoms with Crippen molar-refractivity contribution in [2.24, 2.45) is 5.73 Å². The number of hydrogen-bond donors (Lipinski definition) is 2. The van der Waals surface area contributed by atoms with E-state index >= 15 is 0 Å². The van der Waals surface area contributed by atoms with E-state index in [4.69, 9.17) is 15.6 Å². The van der Waals surface area contributed by atoms with E-state index in [1.807, 2.05) is 12.1 Å². The van der Waals surface area contributed by atoms with Crippen LogP contribution < -0.4 is 10.5 Å². The topological polar surface area (TPSA) is 55.5 Å². The highest BCUT2D eigenvalue weighted by molar-refractivity contribution is 5.27. The van der Waals surface area contributed by atoms with Crippen LogP contribution in [0.25, 0.3) is 0 Å². The molecule has 0 saturated heterocycles. The lowest BCUT2D eigenvalue weighted by Crippen LogP contribution is -2.26. The Morgan fingerprint density at radius 2 is 1.89 bits per heavy atom. The van der Waals surface area contributed by atoms with Crippen LogP contribution in [0.15, 0.2) is 24.3 Å². The van der Waals surface area contributed by atoms with Gasteiger partial charge in [0.15, 0.2) is 0 Å². The SMILES string of the molecule is [CH2]CCc1ccc(OC(N)CCCCCO)cc1. The second-order valence-corrected chi connectivity index (χ2v) is 4.48. The molecule has 0 heterocycles. The zero-order valence-corrected chi connectivity index (χ0v) is 11.0. The average Bonchev–Trinajstić information content (AvgIpc) is 2.37. The average molecular weight is 250 g/mol. The summed E-state index contributed by atoms with van der Waals surface area (Å²) >= 11 is 0. The van der Waals surface area contributed by atoms with E-state index in [2.05, 4.69) is 19.1 Å². The van der Waals surface area contributed by atoms with Gasteiger partial charge in [-0.1, -0.05) is 25.5 Å². The molecule has 0 amide bonds. The molecule has 3 nitrogen and oxygen atoms in total. The van der Waals surface area contributed by atoms with E-state index in [-0.39, 0.29) is 12.8 Å². The van der Waals surface area contributed by atoms with Crippen LogP contribution in [0.1, 0.15) is 37.7 Å². The molecule has 0 bridgehead atoms. The standard InChI is InChI=1S/C15H24NO2/c1-2-6-13-8-10-14(11-9-13)18-15(16)7-4-3-5-12-17/h8-11,15,17H,1-7,12,16H2. The Bertz CT molecular complexity index is 311. The summed E-state index contributed by atoms with van der Waals surface area (Å²) < 4.78 is 5.63. The monoisotopic (exact) mass is 250 g/mol. The van der Waals surface area contributed by atoms with Gasteiger partial charge in [-0.2, -0.15) is 0 Å². The molecular formula is C15H24NO2. The minimum atomic E-state index is -0.262. The summed E-state index contributed by atoms with van der Waals surface area (Å²) in [4.78, 5) is 0. The first kappa shape index (κ1) is 15.0. The van der Waals surface area contributed by atoms with E-state index in [9.17, 15) is 0 Å². The molecule has 3 heteroatoms. The second kappa shape index (κ2) is 8.95. The van der Waals surface area contributed by atoms with Crippen molar-refractivity contribution in [3.8, 4) is 5.75 Å². The number of unbranched alkanes of at least 4 members (excludes halogenated alkanes) is 2. The van der Waals surface area contributed by atoms with Gasteiger partial charge in [-0.05, 0) is 49.8 Å². The smallest absolute Gasteiger partial charge is 0.147 e. The highest BCUT2D eigenvalue weighted by Gasteiger charge is 2.04. The first-order valence-corrected chi connectivity index (χ1v) is 6.67. The molecule has 0 saturated carbocycles. The Balaban J connectivity index is 2.28. The summed E-state index contributed by atoms with van der Waals surface area (Å²) in [7, 11) is 0. The molecule has 0 spiro atoms. The molecule has 1 rings (SSSR count). The van der Waals surface area contributed by atoms with Crippen molar-refractivity contribution in [3.05, 3.63) is 36.8 Å². The van der Waals surface area contributed by atoms with Crippen molar-refractivity contribution in [3.63, 3.8) is 0 Å². The van der Waals surface area contributed by atoms with E-state index in [0.29, 0.717) is 0 Å². The number of ether oxygens (including phenoxy) is 1. The minimum absolute atomic E-state index is 0.254. The van der Waals surface area contributed by atoms with Gasteiger partial charge >= 0.3 is 0 Å². The molecule has 0 aromatic heterocycles. The molecule has 1 aromatic rings. The van der Waals surface area contributed by atoms with Crippen molar-refractivity contribution >= 4 is 0 Å². The molecule has 0 fully saturated rings. The third kappa shape index (κ3) is 6.03. The molecule has 0 aliphatic carbocycles. The van der Waals surface area contributed by atoms with Gasteiger partial charge in [0, 0.05) is 6.61 Å². The summed E-state index contributed by atoms with van der Waals surface area (Å²) in [6.45, 7) is 4.09. The Morgan fingerprint density at radius 1 is 1.17 bits per heavy atom. The van der Waals surface area contributed by atoms with Gasteiger partial charge in [0.1, 0.15) is 12.0 Å². The predicted octanol–water partition coefficient (Wildman–Crippen LogP) is 2.67. The van der Waals surface area contributed by atoms with Crippen LogP contribution in [0.5, 0.6) is 5.75 Å². The van der Waals surface area contributed by atoms with Crippen LogP contribution in [0.3, 0.4) is 0 Å². The summed E-state index contributed by atoms with van der Waals surface area (Å²) in [6, 6.07) is 8.02. The Kier molecular flexibility index (Phi) is 7.46. The van der Waals surface area contributed by atoms with Gasteiger partial charge in [0.25, 0.3) is 0 Å². The Labute approximate surface area is 110 Å². The Morgan fingerprint density at radius 3 is 2.50 bits per heavy atom. The summed E-state index contributed by atoms with van der Waals surface area (Å²) in [5.41, 5.74) is 7.16. The van der Waals surface area contributed by atoms with E-state index in [0.717, 1.165) is 44.3 Å². The number of rotatable bonds is 9. The summed E-state index contributed by atoms with van der Waals surface area (Å²) in [5, 5.41) is 8.67. The fourth-order valence-corrected chi connectivity index (χ4v) is 1.81. The lowest BCUT2D eigenvalue weighted by molar-refractivity contribution is 0.192. The highest BCUT2D eigenvalue weighted by Crippen LogP contribution is 2.15. The summed E-state index contributed by atoms with van der Waals surface area (Å²) in [6.07, 6.45) is 5.28. The molecule has 1 atom stereocenters. The zero-order valence-electron chi connectivity index (χ0n) is 11.0. The molecule has 3 N–H and O–H groups in total. The third-order valence-electron chi connectivity index (χ3n) is 2.82. The zero-order chi connectivity index (χ0) is 13.2. The lowest BCUT2D eigenvalue weighted by atomic mass is 10.1. The van der Waals surface area contributed by atoms with E-state index in [1.54, 1.807) is 0 Å². The van der Waals surface area contributed by atoms with Crippen molar-refractivity contribution in [1.29, 1.82) is 0 Å². The number of aliphatic hydroxyl groups is 1. The molecule has 0 aliphatic heterocycles. The van der Waals surface area contributed by atoms with Crippen molar-refractivity contribution in [1.82, 2.24) is 0 Å². The van der Waals surface area contributed by atoms with Gasteiger partial charge in [-0.15, -0.1) is 0 Å². The van der Waals surface area contributed by atoms with Crippen molar-refractivity contribution in [2.75, 3.05) is 6.61 Å². The Hall–Kier alpha value is -1.06. The van der Waals surface area contributed by atoms with Crippen molar-refractivity contribution < 1.29 is 9.84 Å². The third-order valence-corrected chi connectivity index (χ3v) is 2.82. The van der Waals surface area contributed by atoms with Gasteiger partial charge in [-0.25, -0.2) is 0 Å². The maximum atomic E-state index is 8.67. The lowest BCUT2D eigenvalue weighted by Gasteiger charge is -2.14. The largest absolute Gasteiger partial charge is 0.476 e. The quantitative estimate of drug-likeness (QED) is 0.523. The number of hydrogen-bond acceptors (Lipinski definition) is 3. The maximum absolute atomic E-state index is 8.67. The molecule has 101 valence electrons. The number of nitrogens with two attached hydrogens (primary N) is 1. The van der Waals surface area contributed by atoms with Crippen LogP contribution in [-0.2, 0) is 6.42 Å². The first-order chi connectivity index (χ1) is 8.76. The molecule has 1 radical (unpaired) electrons. The van der Waals surface area contributed by atoms with E-state index in [1.165, 1.54) is 5.56 Å². The normalized spacial score (nSPS) is 12.4. The van der Waals surface area contributed by atoms with Gasteiger partial charge in [-0.3, -0.25) is 5.73 Å². The van der Waals surface area contributed by atoms with Crippen molar-refractivity contribution in [2.45, 2.75) is 44.8 Å². The summed E-state index contributed by atoms with van der Waals surface area (Å²) in [5.74, 6) is 0.817. The molecule has 0 aliphatic rings. The second-order valence-electron chi connectivity index (χ2n) is 4.48. The maximum Gasteiger partial charge on any atom is 0.147 e. The van der Waals surface area contributed by atoms with Gasteiger partial charge in [0.2, 0.25) is 0 Å². The van der Waals surface area contributed by atoms with Crippen LogP contribution in [0.2, 0.25) is 0 Å². The number of benzene rings is 1. The molecule has 1 aromatic carbocycles. The van der Waals surface area contributed by atoms with Crippen LogP contribution in [0.4, 0.5) is 0 Å². The predicted molar refractivity (Wildman–Crippen MR) is 74.3 cm³/mol. The molecule has 18 heavy (non-hydrogen) atoms. The minimum Gasteiger partial charge on any atom is -0.476 e. The fraction of sp³-hybridized carbons (Fsp3) is 0.533. The van der Waals surface area contributed by atoms with Crippen LogP contribution in [-0.4, -0.2) is 17.9 Å². The first-order valence-electron chi connectivity index (χ1n) is 6.67. The molecule has 1 unspecified atom stereocenters. The molecular weight excluding hydrogens is 226 g/mol.